The molecule has 0 aromatic carbocycles. The van der Waals surface area contributed by atoms with Crippen LogP contribution < -0.4 is 5.56 Å². The van der Waals surface area contributed by atoms with E-state index in [0.717, 1.165) is 22.6 Å². The van der Waals surface area contributed by atoms with Crippen LogP contribution >= 0.6 is 0 Å². The van der Waals surface area contributed by atoms with Crippen LogP contribution in [0.25, 0.3) is 11.4 Å². The van der Waals surface area contributed by atoms with Gasteiger partial charge >= 0.3 is 0 Å². The van der Waals surface area contributed by atoms with Crippen molar-refractivity contribution >= 4 is 0 Å². The Morgan fingerprint density at radius 3 is 2.11 bits per heavy atom. The highest BCUT2D eigenvalue weighted by Crippen LogP contribution is 2.22. The Bertz CT molecular complexity index is 646. The first-order chi connectivity index (χ1) is 8.75. The molecule has 0 atom stereocenters. The topological polar surface area (TPSA) is 58.6 Å². The van der Waals surface area contributed by atoms with Crippen molar-refractivity contribution < 1.29 is 0 Å². The summed E-state index contributed by atoms with van der Waals surface area (Å²) in [5.41, 5.74) is 3.24. The molecule has 100 valence electrons. The SMILES string of the molecule is Cc1cc(-c2nc(C(C)(C)C)cc(=O)[nH]2)cc(C)n1. The molecular weight excluding hydrogens is 238 g/mol. The van der Waals surface area contributed by atoms with E-state index >= 15 is 0 Å². The minimum atomic E-state index is -0.153. The molecule has 1 N–H and O–H groups in total. The standard InChI is InChI=1S/C15H19N3O/c1-9-6-11(7-10(2)16-9)14-17-12(15(3,4)5)8-13(19)18-14/h6-8H,1-5H3,(H,17,18,19). The second kappa shape index (κ2) is 4.61. The first-order valence-electron chi connectivity index (χ1n) is 6.33. The van der Waals surface area contributed by atoms with E-state index in [2.05, 4.69) is 15.0 Å². The van der Waals surface area contributed by atoms with Gasteiger partial charge in [0, 0.05) is 28.4 Å². The maximum absolute atomic E-state index is 11.8. The highest BCUT2D eigenvalue weighted by molar-refractivity contribution is 5.56. The van der Waals surface area contributed by atoms with Crippen LogP contribution in [0, 0.1) is 13.8 Å². The van der Waals surface area contributed by atoms with Crippen molar-refractivity contribution in [3.8, 4) is 11.4 Å². The molecule has 4 heteroatoms. The number of rotatable bonds is 1. The van der Waals surface area contributed by atoms with Crippen molar-refractivity contribution in [2.45, 2.75) is 40.0 Å². The van der Waals surface area contributed by atoms with E-state index in [1.165, 1.54) is 0 Å². The Balaban J connectivity index is 2.63. The van der Waals surface area contributed by atoms with E-state index in [0.29, 0.717) is 5.82 Å². The van der Waals surface area contributed by atoms with Gasteiger partial charge in [0.15, 0.2) is 0 Å². The third-order valence-corrected chi connectivity index (χ3v) is 2.87. The van der Waals surface area contributed by atoms with Gasteiger partial charge in [0.1, 0.15) is 5.82 Å². The molecule has 2 heterocycles. The summed E-state index contributed by atoms with van der Waals surface area (Å²) in [4.78, 5) is 23.5. The molecule has 0 saturated carbocycles. The number of pyridine rings is 1. The fraction of sp³-hybridized carbons (Fsp3) is 0.400. The Hall–Kier alpha value is -1.97. The van der Waals surface area contributed by atoms with Gasteiger partial charge in [-0.25, -0.2) is 4.98 Å². The van der Waals surface area contributed by atoms with Gasteiger partial charge in [0.2, 0.25) is 0 Å². The summed E-state index contributed by atoms with van der Waals surface area (Å²) in [5, 5.41) is 0. The molecular formula is C15H19N3O. The minimum absolute atomic E-state index is 0.123. The highest BCUT2D eigenvalue weighted by atomic mass is 16.1. The summed E-state index contributed by atoms with van der Waals surface area (Å²) in [5.74, 6) is 0.603. The van der Waals surface area contributed by atoms with Gasteiger partial charge in [-0.3, -0.25) is 9.78 Å². The normalized spacial score (nSPS) is 11.6. The molecule has 2 aromatic heterocycles. The van der Waals surface area contributed by atoms with Gasteiger partial charge in [-0.15, -0.1) is 0 Å². The molecule has 0 bridgehead atoms. The van der Waals surface area contributed by atoms with Gasteiger partial charge in [-0.1, -0.05) is 20.8 Å². The van der Waals surface area contributed by atoms with Crippen molar-refractivity contribution in [1.82, 2.24) is 15.0 Å². The smallest absolute Gasteiger partial charge is 0.251 e. The fourth-order valence-electron chi connectivity index (χ4n) is 1.95. The van der Waals surface area contributed by atoms with E-state index in [-0.39, 0.29) is 11.0 Å². The lowest BCUT2D eigenvalue weighted by Gasteiger charge is -2.18. The molecule has 0 spiro atoms. The third kappa shape index (κ3) is 3.08. The van der Waals surface area contributed by atoms with Gasteiger partial charge in [0.05, 0.1) is 5.69 Å². The fourth-order valence-corrected chi connectivity index (χ4v) is 1.95. The van der Waals surface area contributed by atoms with Crippen LogP contribution in [-0.4, -0.2) is 15.0 Å². The van der Waals surface area contributed by atoms with Gasteiger partial charge in [0.25, 0.3) is 5.56 Å². The molecule has 2 aromatic rings. The number of aryl methyl sites for hydroxylation is 2. The van der Waals surface area contributed by atoms with E-state index < -0.39 is 0 Å². The Labute approximate surface area is 112 Å². The zero-order valence-electron chi connectivity index (χ0n) is 12.0. The lowest BCUT2D eigenvalue weighted by Crippen LogP contribution is -2.20. The number of aromatic amines is 1. The van der Waals surface area contributed by atoms with Crippen LogP contribution in [0.5, 0.6) is 0 Å². The van der Waals surface area contributed by atoms with Crippen LogP contribution in [0.4, 0.5) is 0 Å². The summed E-state index contributed by atoms with van der Waals surface area (Å²) in [7, 11) is 0. The maximum atomic E-state index is 11.8. The number of nitrogens with one attached hydrogen (secondary N) is 1. The molecule has 0 aliphatic carbocycles. The lowest BCUT2D eigenvalue weighted by atomic mass is 9.92. The van der Waals surface area contributed by atoms with Crippen LogP contribution in [0.2, 0.25) is 0 Å². The number of H-pyrrole nitrogens is 1. The van der Waals surface area contributed by atoms with Crippen molar-refractivity contribution in [2.24, 2.45) is 0 Å². The summed E-state index contributed by atoms with van der Waals surface area (Å²) in [6.45, 7) is 10.00. The first-order valence-corrected chi connectivity index (χ1v) is 6.33. The quantitative estimate of drug-likeness (QED) is 0.854. The molecule has 19 heavy (non-hydrogen) atoms. The second-order valence-corrected chi connectivity index (χ2v) is 5.87. The van der Waals surface area contributed by atoms with Crippen molar-refractivity contribution in [2.75, 3.05) is 0 Å². The van der Waals surface area contributed by atoms with Gasteiger partial charge in [-0.2, -0.15) is 0 Å². The molecule has 0 radical (unpaired) electrons. The van der Waals surface area contributed by atoms with Gasteiger partial charge < -0.3 is 4.98 Å². The lowest BCUT2D eigenvalue weighted by molar-refractivity contribution is 0.566. The molecule has 0 aliphatic rings. The van der Waals surface area contributed by atoms with E-state index in [9.17, 15) is 4.79 Å². The zero-order valence-corrected chi connectivity index (χ0v) is 12.0. The Kier molecular flexibility index (Phi) is 3.27. The van der Waals surface area contributed by atoms with Crippen LogP contribution in [0.15, 0.2) is 23.0 Å². The Morgan fingerprint density at radius 1 is 1.00 bits per heavy atom. The molecule has 0 fully saturated rings. The molecule has 2 rings (SSSR count). The van der Waals surface area contributed by atoms with Crippen molar-refractivity contribution in [3.05, 3.63) is 45.6 Å². The summed E-state index contributed by atoms with van der Waals surface area (Å²) in [6, 6.07) is 5.42. The Morgan fingerprint density at radius 2 is 1.58 bits per heavy atom. The maximum Gasteiger partial charge on any atom is 0.251 e. The van der Waals surface area contributed by atoms with Crippen LogP contribution in [0.3, 0.4) is 0 Å². The van der Waals surface area contributed by atoms with E-state index in [1.54, 1.807) is 6.07 Å². The second-order valence-electron chi connectivity index (χ2n) is 5.87. The summed E-state index contributed by atoms with van der Waals surface area (Å²) in [6.07, 6.45) is 0. The van der Waals surface area contributed by atoms with E-state index in [1.807, 2.05) is 46.8 Å². The summed E-state index contributed by atoms with van der Waals surface area (Å²) < 4.78 is 0. The predicted molar refractivity (Wildman–Crippen MR) is 76.3 cm³/mol. The minimum Gasteiger partial charge on any atom is -0.307 e. The molecule has 0 aliphatic heterocycles. The van der Waals surface area contributed by atoms with E-state index in [4.69, 9.17) is 0 Å². The molecule has 0 amide bonds. The predicted octanol–water partition coefficient (Wildman–Crippen LogP) is 2.75. The third-order valence-electron chi connectivity index (χ3n) is 2.87. The number of nitrogens with zero attached hydrogens (tertiary/aromatic N) is 2. The van der Waals surface area contributed by atoms with Crippen LogP contribution in [0.1, 0.15) is 37.9 Å². The van der Waals surface area contributed by atoms with Crippen LogP contribution in [-0.2, 0) is 5.41 Å². The average Bonchev–Trinajstić information content (AvgIpc) is 2.25. The van der Waals surface area contributed by atoms with Crippen molar-refractivity contribution in [3.63, 3.8) is 0 Å². The summed E-state index contributed by atoms with van der Waals surface area (Å²) >= 11 is 0. The van der Waals surface area contributed by atoms with Gasteiger partial charge in [-0.05, 0) is 26.0 Å². The zero-order chi connectivity index (χ0) is 14.2. The first kappa shape index (κ1) is 13.5. The number of hydrogen-bond acceptors (Lipinski definition) is 3. The number of hydrogen-bond donors (Lipinski definition) is 1. The molecule has 0 unspecified atom stereocenters. The average molecular weight is 257 g/mol. The molecule has 0 saturated heterocycles. The monoisotopic (exact) mass is 257 g/mol. The number of aromatic nitrogens is 3. The molecule has 4 nitrogen and oxygen atoms in total. The highest BCUT2D eigenvalue weighted by Gasteiger charge is 2.17. The van der Waals surface area contributed by atoms with Crippen molar-refractivity contribution in [1.29, 1.82) is 0 Å². The largest absolute Gasteiger partial charge is 0.307 e.